The molecule has 0 atom stereocenters. The number of hydrogen-bond acceptors (Lipinski definition) is 8. The van der Waals surface area contributed by atoms with Gasteiger partial charge >= 0.3 is 0 Å². The molecule has 0 aliphatic carbocycles. The molecule has 0 bridgehead atoms. The van der Waals surface area contributed by atoms with Crippen LogP contribution in [0.25, 0.3) is 22.2 Å². The van der Waals surface area contributed by atoms with Gasteiger partial charge in [-0.05, 0) is 35.5 Å². The van der Waals surface area contributed by atoms with Crippen LogP contribution in [0.3, 0.4) is 0 Å². The third-order valence-electron chi connectivity index (χ3n) is 4.94. The Balaban J connectivity index is 1.40. The first-order valence-electron chi connectivity index (χ1n) is 9.81. The number of nitrogens with zero attached hydrogens (tertiary/aromatic N) is 4. The minimum Gasteiger partial charge on any atom is -0.496 e. The van der Waals surface area contributed by atoms with Gasteiger partial charge in [0.1, 0.15) is 23.1 Å². The summed E-state index contributed by atoms with van der Waals surface area (Å²) in [6.07, 6.45) is 1.68. The van der Waals surface area contributed by atoms with Crippen molar-refractivity contribution < 1.29 is 9.47 Å². The number of hydrogen-bond donors (Lipinski definition) is 3. The topological polar surface area (TPSA) is 124 Å². The highest BCUT2D eigenvalue weighted by Gasteiger charge is 2.12. The van der Waals surface area contributed by atoms with Gasteiger partial charge in [0.25, 0.3) is 0 Å². The number of pyridine rings is 1. The molecule has 0 aliphatic heterocycles. The number of aromatic nitrogens is 5. The summed E-state index contributed by atoms with van der Waals surface area (Å²) < 4.78 is 11.6. The van der Waals surface area contributed by atoms with Crippen molar-refractivity contribution in [3.8, 4) is 28.6 Å². The van der Waals surface area contributed by atoms with E-state index in [2.05, 4.69) is 30.9 Å². The van der Waals surface area contributed by atoms with Crippen LogP contribution in [0.5, 0.6) is 17.2 Å². The standard InChI is InChI=1S/C23H19N7O2/c1-31-21-12-14(6-7-18(21)23-27-29-30-28-23)26-22-13-15(10-11-25-22)32-20-9-8-19(24)16-4-2-3-5-17(16)20/h2-13H,24H2,1H3,(H,25,26)(H,27,28,29,30). The Labute approximate surface area is 183 Å². The quantitative estimate of drug-likeness (QED) is 0.339. The molecule has 0 saturated heterocycles. The molecule has 9 nitrogen and oxygen atoms in total. The van der Waals surface area contributed by atoms with Gasteiger partial charge in [-0.25, -0.2) is 4.98 Å². The number of H-pyrrole nitrogens is 1. The van der Waals surface area contributed by atoms with Crippen LogP contribution in [0.4, 0.5) is 17.2 Å². The summed E-state index contributed by atoms with van der Waals surface area (Å²) in [6, 6.07) is 20.8. The van der Waals surface area contributed by atoms with Crippen LogP contribution in [-0.2, 0) is 0 Å². The Kier molecular flexibility index (Phi) is 4.97. The molecule has 0 saturated carbocycles. The highest BCUT2D eigenvalue weighted by Crippen LogP contribution is 2.34. The number of aromatic amines is 1. The second-order valence-corrected chi connectivity index (χ2v) is 6.95. The van der Waals surface area contributed by atoms with Crippen molar-refractivity contribution in [3.05, 3.63) is 72.9 Å². The van der Waals surface area contributed by atoms with E-state index in [-0.39, 0.29) is 0 Å². The van der Waals surface area contributed by atoms with Crippen LogP contribution < -0.4 is 20.5 Å². The van der Waals surface area contributed by atoms with Crippen molar-refractivity contribution in [3.63, 3.8) is 0 Å². The number of benzene rings is 3. The van der Waals surface area contributed by atoms with Gasteiger partial charge in [-0.3, -0.25) is 0 Å². The van der Waals surface area contributed by atoms with Crippen molar-refractivity contribution in [2.75, 3.05) is 18.2 Å². The molecule has 0 aliphatic rings. The van der Waals surface area contributed by atoms with Gasteiger partial charge in [0, 0.05) is 40.5 Å². The summed E-state index contributed by atoms with van der Waals surface area (Å²) >= 11 is 0. The predicted octanol–water partition coefficient (Wildman–Crippen LogP) is 4.54. The molecule has 0 fully saturated rings. The fourth-order valence-corrected chi connectivity index (χ4v) is 3.43. The van der Waals surface area contributed by atoms with Crippen LogP contribution in [0.15, 0.2) is 72.9 Å². The summed E-state index contributed by atoms with van der Waals surface area (Å²) in [6.45, 7) is 0. The van der Waals surface area contributed by atoms with E-state index in [1.807, 2.05) is 60.7 Å². The third kappa shape index (κ3) is 3.74. The first-order chi connectivity index (χ1) is 15.7. The van der Waals surface area contributed by atoms with Gasteiger partial charge in [-0.15, -0.1) is 10.2 Å². The maximum Gasteiger partial charge on any atom is 0.208 e. The maximum absolute atomic E-state index is 6.15. The van der Waals surface area contributed by atoms with Crippen LogP contribution >= 0.6 is 0 Å². The molecule has 9 heteroatoms. The molecule has 0 unspecified atom stereocenters. The van der Waals surface area contributed by atoms with Gasteiger partial charge < -0.3 is 20.5 Å². The summed E-state index contributed by atoms with van der Waals surface area (Å²) in [4.78, 5) is 4.39. The van der Waals surface area contributed by atoms with Crippen LogP contribution in [0.2, 0.25) is 0 Å². The first kappa shape index (κ1) is 19.3. The summed E-state index contributed by atoms with van der Waals surface area (Å²) in [5, 5.41) is 19.2. The van der Waals surface area contributed by atoms with Crippen molar-refractivity contribution in [2.24, 2.45) is 0 Å². The van der Waals surface area contributed by atoms with Crippen LogP contribution in [0, 0.1) is 0 Å². The zero-order valence-corrected chi connectivity index (χ0v) is 17.1. The van der Waals surface area contributed by atoms with E-state index in [1.165, 1.54) is 0 Å². The highest BCUT2D eigenvalue weighted by atomic mass is 16.5. The number of nitrogen functional groups attached to an aromatic ring is 1. The largest absolute Gasteiger partial charge is 0.496 e. The molecular formula is C23H19N7O2. The molecule has 0 spiro atoms. The molecule has 2 heterocycles. The Hall–Kier alpha value is -4.66. The van der Waals surface area contributed by atoms with Gasteiger partial charge in [0.2, 0.25) is 5.82 Å². The van der Waals surface area contributed by atoms with Crippen LogP contribution in [-0.4, -0.2) is 32.7 Å². The Morgan fingerprint density at radius 1 is 0.938 bits per heavy atom. The van der Waals surface area contributed by atoms with E-state index in [4.69, 9.17) is 15.2 Å². The number of fused-ring (bicyclic) bond motifs is 1. The molecule has 2 aromatic heterocycles. The Bertz CT molecular complexity index is 1390. The predicted molar refractivity (Wildman–Crippen MR) is 122 cm³/mol. The number of anilines is 3. The molecule has 4 N–H and O–H groups in total. The summed E-state index contributed by atoms with van der Waals surface area (Å²) in [5.41, 5.74) is 8.32. The van der Waals surface area contributed by atoms with E-state index in [9.17, 15) is 0 Å². The zero-order chi connectivity index (χ0) is 21.9. The first-order valence-corrected chi connectivity index (χ1v) is 9.81. The van der Waals surface area contributed by atoms with Gasteiger partial charge in [-0.1, -0.05) is 24.3 Å². The minimum atomic E-state index is 0.456. The van der Waals surface area contributed by atoms with Crippen molar-refractivity contribution in [2.45, 2.75) is 0 Å². The molecule has 5 rings (SSSR count). The molecule has 0 radical (unpaired) electrons. The second kappa shape index (κ2) is 8.23. The molecule has 32 heavy (non-hydrogen) atoms. The van der Waals surface area contributed by atoms with E-state index < -0.39 is 0 Å². The molecule has 5 aromatic rings. The van der Waals surface area contributed by atoms with Gasteiger partial charge in [-0.2, -0.15) is 5.21 Å². The lowest BCUT2D eigenvalue weighted by Gasteiger charge is -2.13. The second-order valence-electron chi connectivity index (χ2n) is 6.95. The van der Waals surface area contributed by atoms with Crippen molar-refractivity contribution >= 4 is 28.0 Å². The number of methoxy groups -OCH3 is 1. The van der Waals surface area contributed by atoms with E-state index >= 15 is 0 Å². The van der Waals surface area contributed by atoms with E-state index in [1.54, 1.807) is 19.4 Å². The number of ether oxygens (including phenoxy) is 2. The van der Waals surface area contributed by atoms with E-state index in [0.717, 1.165) is 27.8 Å². The minimum absolute atomic E-state index is 0.456. The smallest absolute Gasteiger partial charge is 0.208 e. The molecular weight excluding hydrogens is 406 g/mol. The van der Waals surface area contributed by atoms with E-state index in [0.29, 0.717) is 28.8 Å². The molecule has 3 aromatic carbocycles. The Morgan fingerprint density at radius 3 is 2.62 bits per heavy atom. The zero-order valence-electron chi connectivity index (χ0n) is 17.1. The maximum atomic E-state index is 6.15. The lowest BCUT2D eigenvalue weighted by molar-refractivity contribution is 0.416. The molecule has 0 amide bonds. The van der Waals surface area contributed by atoms with Crippen molar-refractivity contribution in [1.29, 1.82) is 0 Å². The summed E-state index contributed by atoms with van der Waals surface area (Å²) in [5.74, 6) is 3.05. The monoisotopic (exact) mass is 425 g/mol. The Morgan fingerprint density at radius 2 is 1.81 bits per heavy atom. The number of nitrogens with two attached hydrogens (primary N) is 1. The number of rotatable bonds is 6. The van der Waals surface area contributed by atoms with Crippen LogP contribution in [0.1, 0.15) is 0 Å². The fourth-order valence-electron chi connectivity index (χ4n) is 3.43. The van der Waals surface area contributed by atoms with Gasteiger partial charge in [0.15, 0.2) is 0 Å². The van der Waals surface area contributed by atoms with Gasteiger partial charge in [0.05, 0.1) is 12.7 Å². The summed E-state index contributed by atoms with van der Waals surface area (Å²) in [7, 11) is 1.59. The highest BCUT2D eigenvalue weighted by molar-refractivity contribution is 5.97. The number of tetrazole rings is 1. The van der Waals surface area contributed by atoms with Crippen molar-refractivity contribution in [1.82, 2.24) is 25.6 Å². The normalized spacial score (nSPS) is 10.8. The third-order valence-corrected chi connectivity index (χ3v) is 4.94. The number of nitrogens with one attached hydrogen (secondary N) is 2. The average molecular weight is 425 g/mol. The average Bonchev–Trinajstić information content (AvgIpc) is 3.36. The SMILES string of the molecule is COc1cc(Nc2cc(Oc3ccc(N)c4ccccc34)ccn2)ccc1-c1nn[nH]n1. The fraction of sp³-hybridized carbons (Fsp3) is 0.0435. The lowest BCUT2D eigenvalue weighted by atomic mass is 10.1. The molecule has 158 valence electrons. The lowest BCUT2D eigenvalue weighted by Crippen LogP contribution is -1.97.